The zero-order chi connectivity index (χ0) is 22.0. The van der Waals surface area contributed by atoms with Crippen LogP contribution in [-0.2, 0) is 4.79 Å². The van der Waals surface area contributed by atoms with Crippen molar-refractivity contribution in [2.24, 2.45) is 0 Å². The maximum atomic E-state index is 13.4. The van der Waals surface area contributed by atoms with Crippen LogP contribution in [0.15, 0.2) is 27.9 Å². The van der Waals surface area contributed by atoms with Crippen molar-refractivity contribution in [1.29, 1.82) is 0 Å². The monoisotopic (exact) mass is 432 g/mol. The van der Waals surface area contributed by atoms with Gasteiger partial charge in [-0.2, -0.15) is 0 Å². The molecule has 0 radical (unpaired) electrons. The Hall–Kier alpha value is -2.45. The van der Waals surface area contributed by atoms with Gasteiger partial charge in [0.2, 0.25) is 5.78 Å². The fraction of sp³-hybridized carbons (Fsp3) is 0.500. The lowest BCUT2D eigenvalue weighted by molar-refractivity contribution is -0.896. The summed E-state index contributed by atoms with van der Waals surface area (Å²) in [6.07, 6.45) is 0.770. The number of ketones is 1. The largest absolute Gasteiger partial charge is 0.503 e. The molecule has 0 saturated carbocycles. The van der Waals surface area contributed by atoms with Crippen LogP contribution in [0.5, 0.6) is 0 Å². The summed E-state index contributed by atoms with van der Waals surface area (Å²) < 4.78 is 5.81. The van der Waals surface area contributed by atoms with Crippen molar-refractivity contribution in [1.82, 2.24) is 9.88 Å². The molecule has 1 amide bonds. The van der Waals surface area contributed by atoms with Crippen molar-refractivity contribution < 1.29 is 24.0 Å². The molecule has 0 spiro atoms. The number of hydrogen-bond donors (Lipinski definition) is 2. The minimum Gasteiger partial charge on any atom is -0.503 e. The molecule has 0 saturated heterocycles. The first-order valence-corrected chi connectivity index (χ1v) is 11.2. The highest BCUT2D eigenvalue weighted by molar-refractivity contribution is 7.14. The molecular formula is C22H30N3O4S+. The van der Waals surface area contributed by atoms with E-state index in [1.165, 1.54) is 16.2 Å². The van der Waals surface area contributed by atoms with Crippen LogP contribution in [-0.4, -0.2) is 52.9 Å². The van der Waals surface area contributed by atoms with E-state index in [9.17, 15) is 14.7 Å². The molecule has 1 atom stereocenters. The number of carbonyl (C=O) groups excluding carboxylic acids is 2. The lowest BCUT2D eigenvalue weighted by Gasteiger charge is -2.25. The van der Waals surface area contributed by atoms with Crippen LogP contribution in [0.2, 0.25) is 0 Å². The molecule has 1 aliphatic heterocycles. The summed E-state index contributed by atoms with van der Waals surface area (Å²) in [6, 6.07) is 2.84. The van der Waals surface area contributed by atoms with Crippen molar-refractivity contribution in [3.05, 3.63) is 50.6 Å². The summed E-state index contributed by atoms with van der Waals surface area (Å²) in [7, 11) is 0. The number of aromatic nitrogens is 1. The molecule has 8 heteroatoms. The first-order chi connectivity index (χ1) is 14.3. The number of nitrogens with zero attached hydrogens (tertiary/aromatic N) is 2. The van der Waals surface area contributed by atoms with E-state index < -0.39 is 17.7 Å². The minimum atomic E-state index is -0.729. The second-order valence-electron chi connectivity index (χ2n) is 7.65. The van der Waals surface area contributed by atoms with E-state index in [1.54, 1.807) is 24.0 Å². The number of Topliss-reactive ketones (excluding diaryl/α,β-unsaturated/α-hetero) is 1. The lowest BCUT2D eigenvalue weighted by Crippen LogP contribution is -3.11. The molecule has 0 bridgehead atoms. The number of hydrogen-bond acceptors (Lipinski definition) is 6. The normalized spacial score (nSPS) is 16.9. The maximum Gasteiger partial charge on any atom is 0.290 e. The molecule has 0 aliphatic carbocycles. The van der Waals surface area contributed by atoms with Crippen molar-refractivity contribution in [2.75, 3.05) is 26.2 Å². The SMILES string of the molecule is CC[NH+](CC)CCCN1C(=O)C(O)=C(C(=O)c2sc(C)nc2C)[C@@H]1c1ccc(C)o1. The number of amides is 1. The Bertz CT molecular complexity index is 971. The van der Waals surface area contributed by atoms with Crippen LogP contribution in [0, 0.1) is 20.8 Å². The molecule has 0 fully saturated rings. The molecule has 2 N–H and O–H groups in total. The van der Waals surface area contributed by atoms with Gasteiger partial charge >= 0.3 is 0 Å². The molecular weight excluding hydrogens is 402 g/mol. The highest BCUT2D eigenvalue weighted by Crippen LogP contribution is 2.40. The lowest BCUT2D eigenvalue weighted by atomic mass is 9.99. The molecule has 3 heterocycles. The van der Waals surface area contributed by atoms with E-state index in [-0.39, 0.29) is 11.4 Å². The smallest absolute Gasteiger partial charge is 0.290 e. The van der Waals surface area contributed by atoms with Crippen LogP contribution in [0.1, 0.15) is 58.2 Å². The highest BCUT2D eigenvalue weighted by atomic mass is 32.1. The van der Waals surface area contributed by atoms with Crippen LogP contribution in [0.3, 0.4) is 0 Å². The van der Waals surface area contributed by atoms with Gasteiger partial charge in [-0.05, 0) is 46.8 Å². The number of aryl methyl sites for hydroxylation is 3. The zero-order valence-corrected chi connectivity index (χ0v) is 19.1. The Balaban J connectivity index is 1.95. The first-order valence-electron chi connectivity index (χ1n) is 10.4. The van der Waals surface area contributed by atoms with Crippen LogP contribution >= 0.6 is 11.3 Å². The van der Waals surface area contributed by atoms with E-state index in [0.29, 0.717) is 28.6 Å². The average Bonchev–Trinajstić information content (AvgIpc) is 3.36. The molecule has 0 unspecified atom stereocenters. The number of nitrogens with one attached hydrogen (secondary N) is 1. The van der Waals surface area contributed by atoms with E-state index in [2.05, 4.69) is 18.8 Å². The van der Waals surface area contributed by atoms with Crippen molar-refractivity contribution in [3.8, 4) is 0 Å². The summed E-state index contributed by atoms with van der Waals surface area (Å²) in [6.45, 7) is 13.1. The topological polar surface area (TPSA) is 88.1 Å². The predicted octanol–water partition coefficient (Wildman–Crippen LogP) is 2.55. The van der Waals surface area contributed by atoms with Gasteiger partial charge in [0.15, 0.2) is 5.76 Å². The number of aliphatic hydroxyl groups is 1. The van der Waals surface area contributed by atoms with Crippen LogP contribution < -0.4 is 4.90 Å². The van der Waals surface area contributed by atoms with Gasteiger partial charge in [0.25, 0.3) is 5.91 Å². The molecule has 1 aliphatic rings. The summed E-state index contributed by atoms with van der Waals surface area (Å²) in [5, 5.41) is 11.5. The Morgan fingerprint density at radius 1 is 1.27 bits per heavy atom. The molecule has 30 heavy (non-hydrogen) atoms. The number of carbonyl (C=O) groups is 2. The Labute approximate surface area is 181 Å². The molecule has 2 aromatic rings. The van der Waals surface area contributed by atoms with Crippen molar-refractivity contribution >= 4 is 23.0 Å². The summed E-state index contributed by atoms with van der Waals surface area (Å²) in [5.41, 5.74) is 0.685. The van der Waals surface area contributed by atoms with Crippen LogP contribution in [0.4, 0.5) is 0 Å². The van der Waals surface area contributed by atoms with Gasteiger partial charge in [0.1, 0.15) is 17.6 Å². The summed E-state index contributed by atoms with van der Waals surface area (Å²) in [4.78, 5) is 34.1. The van der Waals surface area contributed by atoms with E-state index in [1.807, 2.05) is 13.8 Å². The standard InChI is InChI=1S/C22H29N3O4S/c1-6-24(7-2)11-8-12-25-18(16-10-9-13(3)29-16)17(20(27)22(25)28)19(26)21-14(4)23-15(5)30-21/h9-10,18,27H,6-8,11-12H2,1-5H3/p+1/t18-/m0/s1. The third-order valence-electron chi connectivity index (χ3n) is 5.62. The third kappa shape index (κ3) is 4.20. The summed E-state index contributed by atoms with van der Waals surface area (Å²) >= 11 is 1.27. The molecule has 162 valence electrons. The molecule has 2 aromatic heterocycles. The molecule has 3 rings (SSSR count). The summed E-state index contributed by atoms with van der Waals surface area (Å²) in [5.74, 6) is -0.194. The predicted molar refractivity (Wildman–Crippen MR) is 115 cm³/mol. The Kier molecular flexibility index (Phi) is 6.77. The number of quaternary nitrogens is 1. The van der Waals surface area contributed by atoms with Gasteiger partial charge in [0.05, 0.1) is 40.8 Å². The van der Waals surface area contributed by atoms with E-state index >= 15 is 0 Å². The highest BCUT2D eigenvalue weighted by Gasteiger charge is 2.45. The first kappa shape index (κ1) is 22.2. The quantitative estimate of drug-likeness (QED) is 0.595. The van der Waals surface area contributed by atoms with E-state index in [0.717, 1.165) is 31.1 Å². The Morgan fingerprint density at radius 2 is 1.97 bits per heavy atom. The average molecular weight is 433 g/mol. The number of rotatable bonds is 9. The number of thiazole rings is 1. The molecule has 7 nitrogen and oxygen atoms in total. The second kappa shape index (κ2) is 9.14. The fourth-order valence-corrected chi connectivity index (χ4v) is 4.85. The van der Waals surface area contributed by atoms with Crippen molar-refractivity contribution in [3.63, 3.8) is 0 Å². The van der Waals surface area contributed by atoms with Crippen molar-refractivity contribution in [2.45, 2.75) is 47.1 Å². The van der Waals surface area contributed by atoms with Gasteiger partial charge in [-0.3, -0.25) is 9.59 Å². The zero-order valence-electron chi connectivity index (χ0n) is 18.2. The number of aliphatic hydroxyl groups excluding tert-OH is 1. The van der Waals surface area contributed by atoms with Gasteiger partial charge in [-0.25, -0.2) is 4.98 Å². The van der Waals surface area contributed by atoms with Gasteiger partial charge in [0, 0.05) is 13.0 Å². The number of furan rings is 1. The second-order valence-corrected chi connectivity index (χ2v) is 8.85. The van der Waals surface area contributed by atoms with Crippen LogP contribution in [0.25, 0.3) is 0 Å². The maximum absolute atomic E-state index is 13.4. The minimum absolute atomic E-state index is 0.0799. The van der Waals surface area contributed by atoms with Gasteiger partial charge in [-0.1, -0.05) is 0 Å². The Morgan fingerprint density at radius 3 is 2.50 bits per heavy atom. The third-order valence-corrected chi connectivity index (χ3v) is 6.69. The van der Waals surface area contributed by atoms with E-state index in [4.69, 9.17) is 4.42 Å². The van der Waals surface area contributed by atoms with Gasteiger partial charge < -0.3 is 19.3 Å². The van der Waals surface area contributed by atoms with Gasteiger partial charge in [-0.15, -0.1) is 11.3 Å². The fourth-order valence-electron chi connectivity index (χ4n) is 3.98. The molecule has 0 aromatic carbocycles.